The normalized spacial score (nSPS) is 10.3. The van der Waals surface area contributed by atoms with E-state index in [2.05, 4.69) is 5.32 Å². The predicted molar refractivity (Wildman–Crippen MR) is 82.4 cm³/mol. The Labute approximate surface area is 135 Å². The fourth-order valence-electron chi connectivity index (χ4n) is 1.67. The van der Waals surface area contributed by atoms with Gasteiger partial charge < -0.3 is 10.1 Å². The first-order valence-electron chi connectivity index (χ1n) is 5.72. The predicted octanol–water partition coefficient (Wildman–Crippen LogP) is 5.05. The van der Waals surface area contributed by atoms with Crippen LogP contribution < -0.4 is 10.1 Å². The van der Waals surface area contributed by atoms with Crippen LogP contribution in [0, 0.1) is 5.82 Å². The van der Waals surface area contributed by atoms with Gasteiger partial charge in [0.2, 0.25) is 0 Å². The molecule has 0 bridgehead atoms. The molecule has 2 rings (SSSR count). The number of benzene rings is 2. The first kappa shape index (κ1) is 15.9. The zero-order valence-corrected chi connectivity index (χ0v) is 13.0. The fraction of sp³-hybridized carbons (Fsp3) is 0.0714. The number of nitrogens with one attached hydrogen (secondary N) is 1. The van der Waals surface area contributed by atoms with E-state index in [0.717, 1.165) is 6.07 Å². The van der Waals surface area contributed by atoms with Crippen molar-refractivity contribution in [3.8, 4) is 5.75 Å². The van der Waals surface area contributed by atoms with Crippen LogP contribution in [0.25, 0.3) is 0 Å². The van der Waals surface area contributed by atoms with Crippen LogP contribution in [0.15, 0.2) is 30.3 Å². The molecule has 1 N–H and O–H groups in total. The number of hydrogen-bond acceptors (Lipinski definition) is 2. The summed E-state index contributed by atoms with van der Waals surface area (Å²) >= 11 is 17.5. The molecule has 3 nitrogen and oxygen atoms in total. The Morgan fingerprint density at radius 2 is 1.76 bits per heavy atom. The molecule has 0 saturated heterocycles. The standard InChI is InChI=1S/C14H9Cl3FNO2/c1-21-13-9(16)4-7(5-10(13)17)14(20)19-12-3-2-8(15)6-11(12)18/h2-6H,1H3,(H,19,20). The maximum atomic E-state index is 13.6. The molecule has 0 aliphatic carbocycles. The lowest BCUT2D eigenvalue weighted by Crippen LogP contribution is -2.13. The Bertz CT molecular complexity index is 684. The molecule has 0 saturated carbocycles. The van der Waals surface area contributed by atoms with Crippen molar-refractivity contribution in [2.24, 2.45) is 0 Å². The van der Waals surface area contributed by atoms with Crippen LogP contribution in [0.1, 0.15) is 10.4 Å². The zero-order chi connectivity index (χ0) is 15.6. The van der Waals surface area contributed by atoms with Gasteiger partial charge in [0.15, 0.2) is 5.75 Å². The smallest absolute Gasteiger partial charge is 0.255 e. The summed E-state index contributed by atoms with van der Waals surface area (Å²) in [6, 6.07) is 6.70. The molecule has 2 aromatic rings. The van der Waals surface area contributed by atoms with E-state index in [1.54, 1.807) is 0 Å². The third-order valence-corrected chi connectivity index (χ3v) is 3.44. The van der Waals surface area contributed by atoms with Gasteiger partial charge in [-0.05, 0) is 30.3 Å². The van der Waals surface area contributed by atoms with E-state index < -0.39 is 11.7 Å². The Balaban J connectivity index is 2.28. The molecule has 0 aliphatic heterocycles. The van der Waals surface area contributed by atoms with Crippen LogP contribution in [0.2, 0.25) is 15.1 Å². The van der Waals surface area contributed by atoms with Crippen LogP contribution in [0.5, 0.6) is 5.75 Å². The summed E-state index contributed by atoms with van der Waals surface area (Å²) in [5.74, 6) is -0.920. The lowest BCUT2D eigenvalue weighted by molar-refractivity contribution is 0.102. The molecule has 0 unspecified atom stereocenters. The molecule has 0 fully saturated rings. The summed E-state index contributed by atoms with van der Waals surface area (Å²) in [6.45, 7) is 0. The third-order valence-electron chi connectivity index (χ3n) is 2.64. The minimum absolute atomic E-state index is 0.00691. The zero-order valence-electron chi connectivity index (χ0n) is 10.7. The molecule has 110 valence electrons. The number of halogens is 4. The lowest BCUT2D eigenvalue weighted by atomic mass is 10.2. The summed E-state index contributed by atoms with van der Waals surface area (Å²) in [5, 5.41) is 3.03. The average molecular weight is 349 g/mol. The van der Waals surface area contributed by atoms with Gasteiger partial charge in [-0.2, -0.15) is 0 Å². The summed E-state index contributed by atoms with van der Waals surface area (Å²) in [7, 11) is 1.41. The van der Waals surface area contributed by atoms with Gasteiger partial charge in [0.05, 0.1) is 22.8 Å². The first-order chi connectivity index (χ1) is 9.92. The highest BCUT2D eigenvalue weighted by molar-refractivity contribution is 6.37. The highest BCUT2D eigenvalue weighted by atomic mass is 35.5. The molecular formula is C14H9Cl3FNO2. The number of carbonyl (C=O) groups excluding carboxylic acids is 1. The van der Waals surface area contributed by atoms with E-state index in [9.17, 15) is 9.18 Å². The summed E-state index contributed by atoms with van der Waals surface area (Å²) in [5.41, 5.74) is 0.188. The molecule has 0 aromatic heterocycles. The van der Waals surface area contributed by atoms with Crippen molar-refractivity contribution in [2.75, 3.05) is 12.4 Å². The molecule has 21 heavy (non-hydrogen) atoms. The highest BCUT2D eigenvalue weighted by Gasteiger charge is 2.15. The number of carbonyl (C=O) groups is 1. The van der Waals surface area contributed by atoms with Gasteiger partial charge in [-0.3, -0.25) is 4.79 Å². The van der Waals surface area contributed by atoms with Gasteiger partial charge >= 0.3 is 0 Å². The van der Waals surface area contributed by atoms with Crippen molar-refractivity contribution < 1.29 is 13.9 Å². The molecule has 0 atom stereocenters. The van der Waals surface area contributed by atoms with E-state index in [4.69, 9.17) is 39.5 Å². The molecule has 0 aliphatic rings. The molecule has 0 heterocycles. The summed E-state index contributed by atoms with van der Waals surface area (Å²) in [4.78, 5) is 12.1. The molecule has 7 heteroatoms. The number of methoxy groups -OCH3 is 1. The number of hydrogen-bond donors (Lipinski definition) is 1. The van der Waals surface area contributed by atoms with Crippen molar-refractivity contribution in [1.82, 2.24) is 0 Å². The number of ether oxygens (including phenoxy) is 1. The van der Waals surface area contributed by atoms with Gasteiger partial charge in [-0.25, -0.2) is 4.39 Å². The van der Waals surface area contributed by atoms with Gasteiger partial charge in [0, 0.05) is 10.6 Å². The Hall–Kier alpha value is -1.49. The average Bonchev–Trinajstić information content (AvgIpc) is 2.41. The van der Waals surface area contributed by atoms with Crippen molar-refractivity contribution in [2.45, 2.75) is 0 Å². The van der Waals surface area contributed by atoms with E-state index in [-0.39, 0.29) is 32.1 Å². The van der Waals surface area contributed by atoms with Gasteiger partial charge in [-0.15, -0.1) is 0 Å². The molecule has 0 radical (unpaired) electrons. The molecule has 1 amide bonds. The van der Waals surface area contributed by atoms with E-state index in [1.807, 2.05) is 0 Å². The number of anilines is 1. The van der Waals surface area contributed by atoms with Crippen molar-refractivity contribution in [1.29, 1.82) is 0 Å². The van der Waals surface area contributed by atoms with E-state index in [0.29, 0.717) is 0 Å². The molecule has 2 aromatic carbocycles. The van der Waals surface area contributed by atoms with Crippen molar-refractivity contribution in [3.05, 3.63) is 56.8 Å². The third kappa shape index (κ3) is 3.59. The van der Waals surface area contributed by atoms with Gasteiger partial charge in [0.1, 0.15) is 5.82 Å². The fourth-order valence-corrected chi connectivity index (χ4v) is 2.47. The van der Waals surface area contributed by atoms with Crippen LogP contribution in [0.3, 0.4) is 0 Å². The second-order valence-corrected chi connectivity index (χ2v) is 5.30. The Morgan fingerprint density at radius 3 is 2.29 bits per heavy atom. The lowest BCUT2D eigenvalue weighted by Gasteiger charge is -2.10. The van der Waals surface area contributed by atoms with Crippen LogP contribution in [-0.2, 0) is 0 Å². The maximum Gasteiger partial charge on any atom is 0.255 e. The van der Waals surface area contributed by atoms with Gasteiger partial charge in [-0.1, -0.05) is 34.8 Å². The highest BCUT2D eigenvalue weighted by Crippen LogP contribution is 2.34. The van der Waals surface area contributed by atoms with Crippen LogP contribution >= 0.6 is 34.8 Å². The van der Waals surface area contributed by atoms with Crippen molar-refractivity contribution in [3.63, 3.8) is 0 Å². The Kier molecular flexibility index (Phi) is 4.93. The van der Waals surface area contributed by atoms with Crippen LogP contribution in [0.4, 0.5) is 10.1 Å². The SMILES string of the molecule is COc1c(Cl)cc(C(=O)Nc2ccc(Cl)cc2F)cc1Cl. The van der Waals surface area contributed by atoms with E-state index >= 15 is 0 Å². The van der Waals surface area contributed by atoms with Crippen LogP contribution in [-0.4, -0.2) is 13.0 Å². The van der Waals surface area contributed by atoms with Gasteiger partial charge in [0.25, 0.3) is 5.91 Å². The summed E-state index contributed by atoms with van der Waals surface area (Å²) < 4.78 is 18.6. The second kappa shape index (κ2) is 6.52. The minimum Gasteiger partial charge on any atom is -0.494 e. The first-order valence-corrected chi connectivity index (χ1v) is 6.85. The quantitative estimate of drug-likeness (QED) is 0.843. The monoisotopic (exact) mass is 347 g/mol. The van der Waals surface area contributed by atoms with Crippen molar-refractivity contribution >= 4 is 46.4 Å². The topological polar surface area (TPSA) is 38.3 Å². The molecular weight excluding hydrogens is 340 g/mol. The minimum atomic E-state index is -0.637. The summed E-state index contributed by atoms with van der Waals surface area (Å²) in [6.07, 6.45) is 0. The maximum absolute atomic E-state index is 13.6. The number of amides is 1. The largest absolute Gasteiger partial charge is 0.494 e. The Morgan fingerprint density at radius 1 is 1.14 bits per heavy atom. The second-order valence-electron chi connectivity index (χ2n) is 4.05. The van der Waals surface area contributed by atoms with E-state index in [1.165, 1.54) is 31.4 Å². The molecule has 0 spiro atoms. The number of rotatable bonds is 3.